The lowest BCUT2D eigenvalue weighted by molar-refractivity contribution is 0.463. The van der Waals surface area contributed by atoms with E-state index in [9.17, 15) is 0 Å². The fraction of sp³-hybridized carbons (Fsp3) is 0. The standard InChI is InChI=1S/C11H11N3O/c12-8-1-4-10(5-2-8)15-11-6-3-9(13)7-14-11/h1-7H,12-13H2. The first-order valence-corrected chi connectivity index (χ1v) is 4.49. The molecule has 1 aromatic carbocycles. The molecule has 0 spiro atoms. The largest absolute Gasteiger partial charge is 0.439 e. The maximum Gasteiger partial charge on any atom is 0.219 e. The summed E-state index contributed by atoms with van der Waals surface area (Å²) in [4.78, 5) is 4.02. The molecule has 1 aromatic heterocycles. The summed E-state index contributed by atoms with van der Waals surface area (Å²) in [6.45, 7) is 0. The van der Waals surface area contributed by atoms with E-state index in [1.165, 1.54) is 0 Å². The van der Waals surface area contributed by atoms with Gasteiger partial charge in [-0.1, -0.05) is 0 Å². The number of nitrogens with two attached hydrogens (primary N) is 2. The minimum absolute atomic E-state index is 0.508. The molecule has 0 saturated heterocycles. The van der Waals surface area contributed by atoms with Gasteiger partial charge in [-0.05, 0) is 30.3 Å². The highest BCUT2D eigenvalue weighted by Crippen LogP contribution is 2.20. The van der Waals surface area contributed by atoms with Crippen LogP contribution in [0.1, 0.15) is 0 Å². The molecule has 0 bridgehead atoms. The Balaban J connectivity index is 2.15. The van der Waals surface area contributed by atoms with Gasteiger partial charge < -0.3 is 16.2 Å². The van der Waals surface area contributed by atoms with Gasteiger partial charge in [0, 0.05) is 11.8 Å². The summed E-state index contributed by atoms with van der Waals surface area (Å²) in [7, 11) is 0. The van der Waals surface area contributed by atoms with E-state index in [2.05, 4.69) is 4.98 Å². The van der Waals surface area contributed by atoms with E-state index >= 15 is 0 Å². The first-order chi connectivity index (χ1) is 7.24. The third kappa shape index (κ3) is 2.37. The normalized spacial score (nSPS) is 9.87. The minimum Gasteiger partial charge on any atom is -0.439 e. The number of hydrogen-bond donors (Lipinski definition) is 2. The summed E-state index contributed by atoms with van der Waals surface area (Å²) in [6.07, 6.45) is 1.55. The number of nitrogen functional groups attached to an aromatic ring is 2. The second-order valence-corrected chi connectivity index (χ2v) is 3.10. The van der Waals surface area contributed by atoms with Crippen LogP contribution in [0.4, 0.5) is 11.4 Å². The van der Waals surface area contributed by atoms with Gasteiger partial charge in [0.05, 0.1) is 11.9 Å². The Morgan fingerprint density at radius 2 is 1.53 bits per heavy atom. The van der Waals surface area contributed by atoms with Gasteiger partial charge >= 0.3 is 0 Å². The Labute approximate surface area is 87.5 Å². The summed E-state index contributed by atoms with van der Waals surface area (Å²) in [5.41, 5.74) is 12.4. The summed E-state index contributed by atoms with van der Waals surface area (Å²) in [6, 6.07) is 10.6. The predicted molar refractivity (Wildman–Crippen MR) is 59.6 cm³/mol. The second kappa shape index (κ2) is 3.88. The molecule has 0 fully saturated rings. The van der Waals surface area contributed by atoms with Crippen LogP contribution in [-0.2, 0) is 0 Å². The number of hydrogen-bond acceptors (Lipinski definition) is 4. The van der Waals surface area contributed by atoms with Crippen molar-refractivity contribution in [2.75, 3.05) is 11.5 Å². The molecule has 0 aliphatic carbocycles. The lowest BCUT2D eigenvalue weighted by atomic mass is 10.3. The molecule has 4 nitrogen and oxygen atoms in total. The number of aromatic nitrogens is 1. The molecule has 2 aromatic rings. The van der Waals surface area contributed by atoms with Crippen LogP contribution in [0.5, 0.6) is 11.6 Å². The highest BCUT2D eigenvalue weighted by atomic mass is 16.5. The van der Waals surface area contributed by atoms with Crippen LogP contribution in [0.15, 0.2) is 42.6 Å². The van der Waals surface area contributed by atoms with E-state index in [0.29, 0.717) is 23.0 Å². The van der Waals surface area contributed by atoms with Crippen molar-refractivity contribution >= 4 is 11.4 Å². The predicted octanol–water partition coefficient (Wildman–Crippen LogP) is 2.04. The highest BCUT2D eigenvalue weighted by molar-refractivity contribution is 5.43. The maximum absolute atomic E-state index is 5.55. The molecular weight excluding hydrogens is 190 g/mol. The van der Waals surface area contributed by atoms with Crippen LogP contribution in [-0.4, -0.2) is 4.98 Å². The zero-order valence-corrected chi connectivity index (χ0v) is 8.05. The van der Waals surface area contributed by atoms with E-state index in [0.717, 1.165) is 0 Å². The van der Waals surface area contributed by atoms with Crippen molar-refractivity contribution in [2.45, 2.75) is 0 Å². The van der Waals surface area contributed by atoms with Crippen LogP contribution in [0.2, 0.25) is 0 Å². The van der Waals surface area contributed by atoms with Gasteiger partial charge in [0.25, 0.3) is 0 Å². The molecule has 4 N–H and O–H groups in total. The Kier molecular flexibility index (Phi) is 2.41. The highest BCUT2D eigenvalue weighted by Gasteiger charge is 1.97. The van der Waals surface area contributed by atoms with Gasteiger partial charge in [-0.15, -0.1) is 0 Å². The van der Waals surface area contributed by atoms with Crippen LogP contribution in [0, 0.1) is 0 Å². The molecule has 0 atom stereocenters. The Morgan fingerprint density at radius 1 is 0.867 bits per heavy atom. The maximum atomic E-state index is 5.55. The Morgan fingerprint density at radius 3 is 2.13 bits per heavy atom. The fourth-order valence-corrected chi connectivity index (χ4v) is 1.11. The minimum atomic E-state index is 0.508. The van der Waals surface area contributed by atoms with E-state index in [-0.39, 0.29) is 0 Å². The van der Waals surface area contributed by atoms with Crippen molar-refractivity contribution in [1.29, 1.82) is 0 Å². The summed E-state index contributed by atoms with van der Waals surface area (Å²) < 4.78 is 5.47. The summed E-state index contributed by atoms with van der Waals surface area (Å²) in [5, 5.41) is 0. The van der Waals surface area contributed by atoms with E-state index in [1.54, 1.807) is 42.6 Å². The third-order valence-electron chi connectivity index (χ3n) is 1.86. The third-order valence-corrected chi connectivity index (χ3v) is 1.86. The van der Waals surface area contributed by atoms with Crippen LogP contribution < -0.4 is 16.2 Å². The topological polar surface area (TPSA) is 74.2 Å². The van der Waals surface area contributed by atoms with Crippen molar-refractivity contribution < 1.29 is 4.74 Å². The number of ether oxygens (including phenoxy) is 1. The molecule has 0 aliphatic heterocycles. The second-order valence-electron chi connectivity index (χ2n) is 3.10. The molecule has 76 valence electrons. The summed E-state index contributed by atoms with van der Waals surface area (Å²) >= 11 is 0. The monoisotopic (exact) mass is 201 g/mol. The molecule has 0 saturated carbocycles. The van der Waals surface area contributed by atoms with Gasteiger partial charge in [-0.25, -0.2) is 4.98 Å². The van der Waals surface area contributed by atoms with E-state index < -0.39 is 0 Å². The number of nitrogens with zero attached hydrogens (tertiary/aromatic N) is 1. The molecular formula is C11H11N3O. The average Bonchev–Trinajstić information content (AvgIpc) is 2.25. The van der Waals surface area contributed by atoms with Crippen molar-refractivity contribution in [3.8, 4) is 11.6 Å². The molecule has 15 heavy (non-hydrogen) atoms. The number of benzene rings is 1. The van der Waals surface area contributed by atoms with Crippen LogP contribution in [0.3, 0.4) is 0 Å². The average molecular weight is 201 g/mol. The summed E-state index contributed by atoms with van der Waals surface area (Å²) in [5.74, 6) is 1.20. The van der Waals surface area contributed by atoms with E-state index in [1.807, 2.05) is 0 Å². The number of rotatable bonds is 2. The SMILES string of the molecule is Nc1ccc(Oc2ccc(N)cn2)cc1. The number of pyridine rings is 1. The van der Waals surface area contributed by atoms with Crippen molar-refractivity contribution in [3.63, 3.8) is 0 Å². The smallest absolute Gasteiger partial charge is 0.219 e. The molecule has 0 aliphatic rings. The lowest BCUT2D eigenvalue weighted by Crippen LogP contribution is -1.90. The number of anilines is 2. The molecule has 0 unspecified atom stereocenters. The quantitative estimate of drug-likeness (QED) is 0.729. The molecule has 1 heterocycles. The zero-order chi connectivity index (χ0) is 10.7. The van der Waals surface area contributed by atoms with Gasteiger partial charge in [-0.2, -0.15) is 0 Å². The van der Waals surface area contributed by atoms with Gasteiger partial charge in [-0.3, -0.25) is 0 Å². The van der Waals surface area contributed by atoms with Crippen LogP contribution in [0.25, 0.3) is 0 Å². The fourth-order valence-electron chi connectivity index (χ4n) is 1.11. The molecule has 0 amide bonds. The Bertz CT molecular complexity index is 393. The molecule has 4 heteroatoms. The zero-order valence-electron chi connectivity index (χ0n) is 8.05. The van der Waals surface area contributed by atoms with Crippen molar-refractivity contribution in [1.82, 2.24) is 4.98 Å². The van der Waals surface area contributed by atoms with Gasteiger partial charge in [0.15, 0.2) is 0 Å². The van der Waals surface area contributed by atoms with Gasteiger partial charge in [0.2, 0.25) is 5.88 Å². The molecule has 0 radical (unpaired) electrons. The molecule has 2 rings (SSSR count). The first-order valence-electron chi connectivity index (χ1n) is 4.49. The van der Waals surface area contributed by atoms with Crippen molar-refractivity contribution in [3.05, 3.63) is 42.6 Å². The van der Waals surface area contributed by atoms with Gasteiger partial charge in [0.1, 0.15) is 5.75 Å². The lowest BCUT2D eigenvalue weighted by Gasteiger charge is -2.04. The van der Waals surface area contributed by atoms with E-state index in [4.69, 9.17) is 16.2 Å². The Hall–Kier alpha value is -2.23. The van der Waals surface area contributed by atoms with Crippen LogP contribution >= 0.6 is 0 Å². The van der Waals surface area contributed by atoms with Crippen molar-refractivity contribution in [2.24, 2.45) is 0 Å². The first kappa shape index (κ1) is 9.33.